The van der Waals surface area contributed by atoms with Crippen LogP contribution in [0.5, 0.6) is 5.88 Å². The van der Waals surface area contributed by atoms with Gasteiger partial charge in [0.1, 0.15) is 18.4 Å². The van der Waals surface area contributed by atoms with Crippen molar-refractivity contribution in [3.8, 4) is 29.3 Å². The molecule has 25 heavy (non-hydrogen) atoms. The summed E-state index contributed by atoms with van der Waals surface area (Å²) in [5.41, 5.74) is 1.79. The Morgan fingerprint density at radius 2 is 1.92 bits per heavy atom. The lowest BCUT2D eigenvalue weighted by Gasteiger charge is -2.11. The van der Waals surface area contributed by atoms with E-state index in [-0.39, 0.29) is 42.6 Å². The van der Waals surface area contributed by atoms with Crippen molar-refractivity contribution >= 4 is 5.97 Å². The molecule has 0 N–H and O–H groups in total. The highest BCUT2D eigenvalue weighted by Crippen LogP contribution is 2.26. The maximum absolute atomic E-state index is 12.2. The van der Waals surface area contributed by atoms with E-state index in [1.165, 1.54) is 0 Å². The maximum Gasteiger partial charge on any atom is 0.359 e. The van der Waals surface area contributed by atoms with Crippen molar-refractivity contribution in [2.24, 2.45) is 0 Å². The number of esters is 1. The number of aromatic nitrogens is 2. The lowest BCUT2D eigenvalue weighted by molar-refractivity contribution is 0.0519. The maximum atomic E-state index is 12.2. The molecule has 7 heteroatoms. The van der Waals surface area contributed by atoms with Gasteiger partial charge in [-0.15, -0.1) is 0 Å². The Hall–Kier alpha value is -3.45. The van der Waals surface area contributed by atoms with E-state index < -0.39 is 5.97 Å². The molecule has 0 aliphatic heterocycles. The van der Waals surface area contributed by atoms with Crippen molar-refractivity contribution in [2.45, 2.75) is 20.3 Å². The number of hydrogen-bond acceptors (Lipinski definition) is 7. The number of carbonyl (C=O) groups is 1. The summed E-state index contributed by atoms with van der Waals surface area (Å²) >= 11 is 0. The molecular weight excluding hydrogens is 320 g/mol. The number of nitriles is 2. The van der Waals surface area contributed by atoms with Gasteiger partial charge in [-0.05, 0) is 13.8 Å². The molecule has 0 unspecified atom stereocenters. The normalized spacial score (nSPS) is 9.76. The van der Waals surface area contributed by atoms with Crippen LogP contribution in [0.15, 0.2) is 24.3 Å². The second-order valence-corrected chi connectivity index (χ2v) is 5.03. The average Bonchev–Trinajstić information content (AvgIpc) is 2.62. The highest BCUT2D eigenvalue weighted by molar-refractivity contribution is 5.94. The molecule has 0 saturated heterocycles. The molecule has 0 amide bonds. The lowest BCUT2D eigenvalue weighted by Crippen LogP contribution is -2.13. The van der Waals surface area contributed by atoms with Crippen molar-refractivity contribution in [1.29, 1.82) is 10.5 Å². The predicted octanol–water partition coefficient (Wildman–Crippen LogP) is 2.79. The number of rotatable bonds is 6. The van der Waals surface area contributed by atoms with Gasteiger partial charge in [0.25, 0.3) is 5.88 Å². The zero-order chi connectivity index (χ0) is 18.2. The summed E-state index contributed by atoms with van der Waals surface area (Å²) in [6.07, 6.45) is 0.145. The number of carbonyl (C=O) groups excluding carboxylic acids is 1. The molecule has 1 heterocycles. The Bertz CT molecular complexity index is 848. The molecule has 126 valence electrons. The second-order valence-electron chi connectivity index (χ2n) is 5.03. The molecule has 7 nitrogen and oxygen atoms in total. The summed E-state index contributed by atoms with van der Waals surface area (Å²) in [7, 11) is 0. The Morgan fingerprint density at radius 3 is 2.52 bits per heavy atom. The fourth-order valence-corrected chi connectivity index (χ4v) is 2.04. The van der Waals surface area contributed by atoms with Crippen LogP contribution in [0.3, 0.4) is 0 Å². The molecule has 0 radical (unpaired) electrons. The van der Waals surface area contributed by atoms with Crippen LogP contribution in [-0.4, -0.2) is 29.2 Å². The molecule has 0 spiro atoms. The minimum absolute atomic E-state index is 0.0126. The van der Waals surface area contributed by atoms with Crippen LogP contribution in [-0.2, 0) is 4.74 Å². The van der Waals surface area contributed by atoms with Crippen LogP contribution in [0.25, 0.3) is 11.3 Å². The zero-order valence-electron chi connectivity index (χ0n) is 13.9. The zero-order valence-corrected chi connectivity index (χ0v) is 13.9. The first-order valence-corrected chi connectivity index (χ1v) is 7.66. The van der Waals surface area contributed by atoms with Gasteiger partial charge >= 0.3 is 5.97 Å². The summed E-state index contributed by atoms with van der Waals surface area (Å²) in [6.45, 7) is 3.88. The van der Waals surface area contributed by atoms with E-state index in [0.717, 1.165) is 5.56 Å². The van der Waals surface area contributed by atoms with Crippen LogP contribution < -0.4 is 4.74 Å². The molecule has 2 rings (SSSR count). The molecule has 0 saturated carbocycles. The van der Waals surface area contributed by atoms with Gasteiger partial charge < -0.3 is 9.47 Å². The summed E-state index contributed by atoms with van der Waals surface area (Å²) in [5, 5.41) is 17.9. The Kier molecular flexibility index (Phi) is 6.02. The van der Waals surface area contributed by atoms with Gasteiger partial charge in [-0.25, -0.2) is 14.8 Å². The number of ether oxygens (including phenoxy) is 2. The summed E-state index contributed by atoms with van der Waals surface area (Å²) in [5.74, 6) is -0.674. The molecule has 0 bridgehead atoms. The fourth-order valence-electron chi connectivity index (χ4n) is 2.04. The minimum atomic E-state index is -0.661. The largest absolute Gasteiger partial charge is 0.474 e. The Labute approximate surface area is 145 Å². The quantitative estimate of drug-likeness (QED) is 0.589. The number of aryl methyl sites for hydroxylation is 1. The standard InChI is InChI=1S/C18H16N4O3/c1-3-24-18(23)16-15(13-7-5-12(2)6-8-13)22-17(14(11-20)21-16)25-10-4-9-19/h5-8H,3-4,10H2,1-2H3. The first kappa shape index (κ1) is 17.9. The van der Waals surface area contributed by atoms with Gasteiger partial charge in [0.2, 0.25) is 5.69 Å². The van der Waals surface area contributed by atoms with Gasteiger partial charge in [0.15, 0.2) is 5.69 Å². The van der Waals surface area contributed by atoms with Crippen LogP contribution >= 0.6 is 0 Å². The van der Waals surface area contributed by atoms with Crippen molar-refractivity contribution < 1.29 is 14.3 Å². The predicted molar refractivity (Wildman–Crippen MR) is 88.6 cm³/mol. The van der Waals surface area contributed by atoms with Crippen molar-refractivity contribution in [1.82, 2.24) is 9.97 Å². The van der Waals surface area contributed by atoms with E-state index in [4.69, 9.17) is 14.7 Å². The van der Waals surface area contributed by atoms with E-state index in [9.17, 15) is 10.1 Å². The van der Waals surface area contributed by atoms with Crippen LogP contribution in [0, 0.1) is 29.6 Å². The second kappa shape index (κ2) is 8.42. The third-order valence-electron chi connectivity index (χ3n) is 3.22. The van der Waals surface area contributed by atoms with Crippen molar-refractivity contribution in [3.63, 3.8) is 0 Å². The highest BCUT2D eigenvalue weighted by atomic mass is 16.5. The molecule has 0 aliphatic carbocycles. The van der Waals surface area contributed by atoms with Crippen molar-refractivity contribution in [2.75, 3.05) is 13.2 Å². The summed E-state index contributed by atoms with van der Waals surface area (Å²) < 4.78 is 10.4. The van der Waals surface area contributed by atoms with Gasteiger partial charge in [-0.2, -0.15) is 10.5 Å². The summed E-state index contributed by atoms with van der Waals surface area (Å²) in [4.78, 5) is 20.6. The highest BCUT2D eigenvalue weighted by Gasteiger charge is 2.22. The Balaban J connectivity index is 2.57. The molecule has 1 aromatic heterocycles. The van der Waals surface area contributed by atoms with E-state index in [1.54, 1.807) is 19.1 Å². The van der Waals surface area contributed by atoms with Crippen LogP contribution in [0.2, 0.25) is 0 Å². The monoisotopic (exact) mass is 336 g/mol. The molecule has 0 aliphatic rings. The molecular formula is C18H16N4O3. The average molecular weight is 336 g/mol. The lowest BCUT2D eigenvalue weighted by atomic mass is 10.1. The van der Waals surface area contributed by atoms with Gasteiger partial charge in [-0.1, -0.05) is 29.8 Å². The van der Waals surface area contributed by atoms with E-state index in [0.29, 0.717) is 5.56 Å². The third kappa shape index (κ3) is 4.30. The fraction of sp³-hybridized carbons (Fsp3) is 0.278. The van der Waals surface area contributed by atoms with E-state index in [2.05, 4.69) is 9.97 Å². The number of nitrogens with zero attached hydrogens (tertiary/aromatic N) is 4. The third-order valence-corrected chi connectivity index (χ3v) is 3.22. The van der Waals surface area contributed by atoms with Crippen LogP contribution in [0.1, 0.15) is 35.1 Å². The minimum Gasteiger partial charge on any atom is -0.474 e. The smallest absolute Gasteiger partial charge is 0.359 e. The first-order chi connectivity index (χ1) is 12.1. The molecule has 2 aromatic rings. The molecule has 0 atom stereocenters. The Morgan fingerprint density at radius 1 is 1.20 bits per heavy atom. The van der Waals surface area contributed by atoms with E-state index in [1.807, 2.05) is 31.2 Å². The number of hydrogen-bond donors (Lipinski definition) is 0. The van der Waals surface area contributed by atoms with Gasteiger partial charge in [0.05, 0.1) is 19.1 Å². The van der Waals surface area contributed by atoms with Crippen LogP contribution in [0.4, 0.5) is 0 Å². The first-order valence-electron chi connectivity index (χ1n) is 7.66. The van der Waals surface area contributed by atoms with Gasteiger partial charge in [0, 0.05) is 5.56 Å². The molecule has 1 aromatic carbocycles. The summed E-state index contributed by atoms with van der Waals surface area (Å²) in [6, 6.07) is 11.2. The SMILES string of the molecule is CCOC(=O)c1nc(C#N)c(OCCC#N)nc1-c1ccc(C)cc1. The van der Waals surface area contributed by atoms with Gasteiger partial charge in [-0.3, -0.25) is 0 Å². The van der Waals surface area contributed by atoms with E-state index >= 15 is 0 Å². The molecule has 0 fully saturated rings. The topological polar surface area (TPSA) is 109 Å². The van der Waals surface area contributed by atoms with Crippen molar-refractivity contribution in [3.05, 3.63) is 41.2 Å². The number of benzene rings is 1.